The molecule has 0 bridgehead atoms. The highest BCUT2D eigenvalue weighted by Gasteiger charge is 2.33. The number of halogens is 1. The van der Waals surface area contributed by atoms with Gasteiger partial charge in [-0.3, -0.25) is 19.5 Å². The number of amides is 1. The summed E-state index contributed by atoms with van der Waals surface area (Å²) < 4.78 is 15.7. The van der Waals surface area contributed by atoms with Gasteiger partial charge < -0.3 is 10.2 Å². The van der Waals surface area contributed by atoms with E-state index in [2.05, 4.69) is 31.9 Å². The molecule has 1 amide bonds. The predicted octanol–water partition coefficient (Wildman–Crippen LogP) is 4.02. The maximum absolute atomic E-state index is 13.5. The van der Waals surface area contributed by atoms with E-state index in [1.165, 1.54) is 17.8 Å². The van der Waals surface area contributed by atoms with Gasteiger partial charge in [0, 0.05) is 30.9 Å². The second kappa shape index (κ2) is 8.81. The van der Waals surface area contributed by atoms with E-state index in [9.17, 15) is 19.3 Å². The molecular weight excluding hydrogens is 423 g/mol. The third-order valence-corrected chi connectivity index (χ3v) is 6.74. The minimum atomic E-state index is -0.942. The Morgan fingerprint density at radius 1 is 1.29 bits per heavy atom. The van der Waals surface area contributed by atoms with Crippen molar-refractivity contribution in [2.75, 3.05) is 23.3 Å². The van der Waals surface area contributed by atoms with Gasteiger partial charge >= 0.3 is 5.69 Å². The van der Waals surface area contributed by atoms with Crippen LogP contribution in [0.5, 0.6) is 0 Å². The summed E-state index contributed by atoms with van der Waals surface area (Å²) in [5.74, 6) is 0.305. The molecule has 1 N–H and O–H groups in total. The molecule has 1 saturated heterocycles. The Bertz CT molecular complexity index is 987. The first-order chi connectivity index (χ1) is 14.8. The van der Waals surface area contributed by atoms with Crippen LogP contribution in [0.3, 0.4) is 0 Å². The molecule has 2 heterocycles. The Morgan fingerprint density at radius 2 is 2.00 bits per heavy atom. The lowest BCUT2D eigenvalue weighted by Crippen LogP contribution is -2.34. The van der Waals surface area contributed by atoms with Gasteiger partial charge in [-0.2, -0.15) is 4.39 Å². The van der Waals surface area contributed by atoms with E-state index in [1.54, 1.807) is 6.92 Å². The maximum Gasteiger partial charge on any atom is 0.306 e. The summed E-state index contributed by atoms with van der Waals surface area (Å²) in [4.78, 5) is 25.0. The average Bonchev–Trinajstić information content (AvgIpc) is 3.50. The number of nitrogens with zero attached hydrogens (tertiary/aromatic N) is 5. The van der Waals surface area contributed by atoms with Gasteiger partial charge in [-0.15, -0.1) is 10.2 Å². The van der Waals surface area contributed by atoms with E-state index in [1.807, 2.05) is 0 Å². The number of thioether (sulfide) groups is 1. The van der Waals surface area contributed by atoms with Crippen molar-refractivity contribution in [3.63, 3.8) is 0 Å². The zero-order valence-corrected chi connectivity index (χ0v) is 18.3. The third kappa shape index (κ3) is 4.81. The molecule has 9 nitrogen and oxygen atoms in total. The Balaban J connectivity index is 1.46. The normalized spacial score (nSPS) is 18.1. The number of aromatic nitrogens is 3. The van der Waals surface area contributed by atoms with Crippen LogP contribution in [0.1, 0.15) is 45.6 Å². The number of benzene rings is 1. The molecule has 1 saturated carbocycles. The molecule has 1 atom stereocenters. The van der Waals surface area contributed by atoms with Crippen LogP contribution in [0.25, 0.3) is 0 Å². The van der Waals surface area contributed by atoms with Gasteiger partial charge in [-0.25, -0.2) is 0 Å². The summed E-state index contributed by atoms with van der Waals surface area (Å²) in [5.41, 5.74) is -0.496. The minimum Gasteiger partial charge on any atom is -0.341 e. The van der Waals surface area contributed by atoms with Gasteiger partial charge in [0.2, 0.25) is 17.7 Å². The molecule has 2 aliphatic rings. The molecule has 1 unspecified atom stereocenters. The largest absolute Gasteiger partial charge is 0.341 e. The molecule has 4 rings (SSSR count). The summed E-state index contributed by atoms with van der Waals surface area (Å²) in [6.07, 6.45) is 4.40. The monoisotopic (exact) mass is 448 g/mol. The number of hydrogen-bond donors (Lipinski definition) is 1. The number of nitrogens with one attached hydrogen (secondary N) is 1. The first-order valence-corrected chi connectivity index (χ1v) is 11.3. The van der Waals surface area contributed by atoms with E-state index >= 15 is 0 Å². The van der Waals surface area contributed by atoms with Gasteiger partial charge in [0.05, 0.1) is 10.2 Å². The second-order valence-electron chi connectivity index (χ2n) is 8.23. The quantitative estimate of drug-likeness (QED) is 0.387. The molecule has 1 aromatic carbocycles. The lowest BCUT2D eigenvalue weighted by atomic mass is 10.00. The van der Waals surface area contributed by atoms with Crippen LogP contribution in [0, 0.1) is 21.8 Å². The van der Waals surface area contributed by atoms with Gasteiger partial charge in [-0.1, -0.05) is 18.7 Å². The van der Waals surface area contributed by atoms with Crippen molar-refractivity contribution in [1.82, 2.24) is 14.8 Å². The fraction of sp³-hybridized carbons (Fsp3) is 0.550. The van der Waals surface area contributed by atoms with Crippen molar-refractivity contribution in [2.45, 2.75) is 56.0 Å². The van der Waals surface area contributed by atoms with Crippen LogP contribution >= 0.6 is 11.8 Å². The number of rotatable bonds is 7. The highest BCUT2D eigenvalue weighted by Crippen LogP contribution is 2.42. The first-order valence-electron chi connectivity index (χ1n) is 10.4. The van der Waals surface area contributed by atoms with Crippen molar-refractivity contribution in [2.24, 2.45) is 5.92 Å². The van der Waals surface area contributed by atoms with Crippen LogP contribution in [0.4, 0.5) is 21.7 Å². The van der Waals surface area contributed by atoms with Crippen LogP contribution in [0.2, 0.25) is 0 Å². The standard InChI is InChI=1S/C20H25FN6O3S/c1-12-7-9-25(10-8-12)19-23-24-20(26(19)15-4-5-15)31-13(2)18(28)22-14-3-6-16(21)17(11-14)27(29)30/h3,6,11-13,15H,4-5,7-10H2,1-2H3,(H,22,28). The van der Waals surface area contributed by atoms with Gasteiger partial charge in [0.1, 0.15) is 0 Å². The minimum absolute atomic E-state index is 0.178. The number of hydrogen-bond acceptors (Lipinski definition) is 7. The van der Waals surface area contributed by atoms with Gasteiger partial charge in [0.15, 0.2) is 5.16 Å². The summed E-state index contributed by atoms with van der Waals surface area (Å²) in [7, 11) is 0. The average molecular weight is 449 g/mol. The van der Waals surface area contributed by atoms with Crippen molar-refractivity contribution >= 4 is 35.0 Å². The lowest BCUT2D eigenvalue weighted by Gasteiger charge is -2.31. The smallest absolute Gasteiger partial charge is 0.306 e. The van der Waals surface area contributed by atoms with E-state index in [0.29, 0.717) is 17.1 Å². The Hall–Kier alpha value is -2.69. The Kier molecular flexibility index (Phi) is 6.12. The van der Waals surface area contributed by atoms with E-state index in [-0.39, 0.29) is 11.6 Å². The van der Waals surface area contributed by atoms with Gasteiger partial charge in [-0.05, 0) is 50.7 Å². The zero-order chi connectivity index (χ0) is 22.1. The molecule has 2 fully saturated rings. The summed E-state index contributed by atoms with van der Waals surface area (Å²) in [5, 5.41) is 22.5. The lowest BCUT2D eigenvalue weighted by molar-refractivity contribution is -0.387. The fourth-order valence-corrected chi connectivity index (χ4v) is 4.53. The zero-order valence-electron chi connectivity index (χ0n) is 17.5. The fourth-order valence-electron chi connectivity index (χ4n) is 3.61. The van der Waals surface area contributed by atoms with Crippen LogP contribution < -0.4 is 10.2 Å². The Labute approximate surface area is 183 Å². The highest BCUT2D eigenvalue weighted by molar-refractivity contribution is 8.00. The molecule has 31 heavy (non-hydrogen) atoms. The molecule has 0 spiro atoms. The molecule has 1 aromatic heterocycles. The number of piperidine rings is 1. The SMILES string of the molecule is CC1CCN(c2nnc(SC(C)C(=O)Nc3ccc(F)c([N+](=O)[O-])c3)n2C2CC2)CC1. The van der Waals surface area contributed by atoms with Gasteiger partial charge in [0.25, 0.3) is 0 Å². The second-order valence-corrected chi connectivity index (χ2v) is 9.53. The van der Waals surface area contributed by atoms with E-state index in [0.717, 1.165) is 56.9 Å². The first kappa shape index (κ1) is 21.5. The molecule has 0 radical (unpaired) electrons. The van der Waals surface area contributed by atoms with Crippen LogP contribution in [-0.4, -0.2) is 43.9 Å². The summed E-state index contributed by atoms with van der Waals surface area (Å²) in [6, 6.07) is 3.66. The summed E-state index contributed by atoms with van der Waals surface area (Å²) in [6.45, 7) is 5.92. The molecule has 2 aromatic rings. The van der Waals surface area contributed by atoms with Crippen molar-refractivity contribution in [3.05, 3.63) is 34.1 Å². The van der Waals surface area contributed by atoms with Crippen LogP contribution in [0.15, 0.2) is 23.4 Å². The number of nitro groups is 1. The topological polar surface area (TPSA) is 106 Å². The number of carbonyl (C=O) groups is 1. The number of anilines is 2. The van der Waals surface area contributed by atoms with Crippen LogP contribution in [-0.2, 0) is 4.79 Å². The highest BCUT2D eigenvalue weighted by atomic mass is 32.2. The Morgan fingerprint density at radius 3 is 2.65 bits per heavy atom. The maximum atomic E-state index is 13.5. The van der Waals surface area contributed by atoms with Crippen molar-refractivity contribution in [1.29, 1.82) is 0 Å². The molecule has 1 aliphatic carbocycles. The van der Waals surface area contributed by atoms with Crippen molar-refractivity contribution in [3.8, 4) is 0 Å². The molecular formula is C20H25FN6O3S. The number of carbonyl (C=O) groups excluding carboxylic acids is 1. The molecule has 166 valence electrons. The molecule has 1 aliphatic heterocycles. The molecule has 11 heteroatoms. The summed E-state index contributed by atoms with van der Waals surface area (Å²) >= 11 is 1.31. The third-order valence-electron chi connectivity index (χ3n) is 5.69. The van der Waals surface area contributed by atoms with Crippen molar-refractivity contribution < 1.29 is 14.1 Å². The van der Waals surface area contributed by atoms with E-state index in [4.69, 9.17) is 0 Å². The number of nitro benzene ring substituents is 1. The predicted molar refractivity (Wildman–Crippen MR) is 116 cm³/mol. The van der Waals surface area contributed by atoms with E-state index < -0.39 is 21.7 Å².